The lowest BCUT2D eigenvalue weighted by Crippen LogP contribution is -2.22. The third kappa shape index (κ3) is 15.2. The van der Waals surface area contributed by atoms with Crippen molar-refractivity contribution >= 4 is 5.69 Å². The van der Waals surface area contributed by atoms with Crippen LogP contribution >= 0.6 is 0 Å². The molecule has 0 aliphatic rings. The Bertz CT molecular complexity index is 556. The van der Waals surface area contributed by atoms with Crippen LogP contribution < -0.4 is 9.64 Å². The van der Waals surface area contributed by atoms with E-state index < -0.39 is 0 Å². The van der Waals surface area contributed by atoms with Gasteiger partial charge in [-0.15, -0.1) is 0 Å². The molecule has 0 aromatic heterocycles. The highest BCUT2D eigenvalue weighted by molar-refractivity contribution is 5.60. The van der Waals surface area contributed by atoms with Crippen LogP contribution in [0.4, 0.5) is 5.69 Å². The fourth-order valence-electron chi connectivity index (χ4n) is 4.63. The number of aromatic hydroxyl groups is 1. The van der Waals surface area contributed by atoms with Crippen LogP contribution in [0, 0.1) is 0 Å². The third-order valence-electron chi connectivity index (χ3n) is 6.80. The van der Waals surface area contributed by atoms with E-state index in [0.717, 1.165) is 37.6 Å². The van der Waals surface area contributed by atoms with E-state index >= 15 is 0 Å². The average Bonchev–Trinajstić information content (AvgIpc) is 2.82. The van der Waals surface area contributed by atoms with Gasteiger partial charge < -0.3 is 14.7 Å². The maximum absolute atomic E-state index is 9.82. The number of ether oxygens (including phenoxy) is 1. The Labute approximate surface area is 206 Å². The molecule has 0 amide bonds. The van der Waals surface area contributed by atoms with Gasteiger partial charge in [-0.3, -0.25) is 0 Å². The van der Waals surface area contributed by atoms with Crippen LogP contribution in [0.3, 0.4) is 0 Å². The molecule has 1 rings (SSSR count). The minimum Gasteiger partial charge on any atom is -0.508 e. The summed E-state index contributed by atoms with van der Waals surface area (Å²) in [7, 11) is 0. The highest BCUT2D eigenvalue weighted by atomic mass is 16.5. The summed E-state index contributed by atoms with van der Waals surface area (Å²) in [5, 5.41) is 9.82. The quantitative estimate of drug-likeness (QED) is 0.165. The molecule has 1 aromatic carbocycles. The van der Waals surface area contributed by atoms with Crippen molar-refractivity contribution in [2.75, 3.05) is 24.6 Å². The molecule has 0 fully saturated rings. The molecule has 0 radical (unpaired) electrons. The van der Waals surface area contributed by atoms with Gasteiger partial charge in [-0.25, -0.2) is 0 Å². The second-order valence-corrected chi connectivity index (χ2v) is 9.68. The van der Waals surface area contributed by atoms with Crippen molar-refractivity contribution in [3.8, 4) is 11.5 Å². The molecule has 1 aromatic rings. The molecule has 3 heteroatoms. The fourth-order valence-corrected chi connectivity index (χ4v) is 4.63. The van der Waals surface area contributed by atoms with Crippen LogP contribution in [0.2, 0.25) is 0 Å². The van der Waals surface area contributed by atoms with Crippen molar-refractivity contribution in [2.45, 2.75) is 136 Å². The summed E-state index contributed by atoms with van der Waals surface area (Å²) in [6.45, 7) is 9.21. The Kier molecular flexibility index (Phi) is 19.0. The van der Waals surface area contributed by atoms with Gasteiger partial charge in [0.25, 0.3) is 0 Å². The van der Waals surface area contributed by atoms with Gasteiger partial charge in [-0.2, -0.15) is 0 Å². The number of anilines is 1. The van der Waals surface area contributed by atoms with Gasteiger partial charge in [0.05, 0.1) is 12.3 Å². The van der Waals surface area contributed by atoms with E-state index in [2.05, 4.69) is 25.7 Å². The first-order chi connectivity index (χ1) is 16.2. The standard InChI is InChI=1S/C30H55NO2/c1-4-7-8-9-10-11-12-13-14-15-16-17-18-19-20-21-22-23-26-33-30-27-28(32)24-25-29(30)31(5-2)6-3/h24-25,27,32H,4-23,26H2,1-3H3. The van der Waals surface area contributed by atoms with Gasteiger partial charge in [-0.05, 0) is 32.4 Å². The van der Waals surface area contributed by atoms with E-state index in [4.69, 9.17) is 4.74 Å². The van der Waals surface area contributed by atoms with Crippen LogP contribution in [0.1, 0.15) is 136 Å². The lowest BCUT2D eigenvalue weighted by atomic mass is 10.0. The van der Waals surface area contributed by atoms with Crippen molar-refractivity contribution in [2.24, 2.45) is 0 Å². The molecule has 1 N–H and O–H groups in total. The van der Waals surface area contributed by atoms with E-state index in [9.17, 15) is 5.11 Å². The monoisotopic (exact) mass is 461 g/mol. The summed E-state index contributed by atoms with van der Waals surface area (Å²) >= 11 is 0. The maximum atomic E-state index is 9.82. The highest BCUT2D eigenvalue weighted by Crippen LogP contribution is 2.32. The topological polar surface area (TPSA) is 32.7 Å². The molecule has 3 nitrogen and oxygen atoms in total. The predicted molar refractivity (Wildman–Crippen MR) is 146 cm³/mol. The Morgan fingerprint density at radius 2 is 1.03 bits per heavy atom. The van der Waals surface area contributed by atoms with Crippen molar-refractivity contribution in [1.82, 2.24) is 0 Å². The lowest BCUT2D eigenvalue weighted by Gasteiger charge is -2.24. The lowest BCUT2D eigenvalue weighted by molar-refractivity contribution is 0.303. The van der Waals surface area contributed by atoms with Crippen LogP contribution in [0.15, 0.2) is 18.2 Å². The number of rotatable bonds is 23. The SMILES string of the molecule is CCCCCCCCCCCCCCCCCCCCOc1cc(O)ccc1N(CC)CC. The minimum atomic E-state index is 0.277. The summed E-state index contributed by atoms with van der Waals surface area (Å²) in [6, 6.07) is 5.46. The average molecular weight is 462 g/mol. The minimum absolute atomic E-state index is 0.277. The number of unbranched alkanes of at least 4 members (excludes halogenated alkanes) is 17. The summed E-state index contributed by atoms with van der Waals surface area (Å²) in [4.78, 5) is 2.27. The van der Waals surface area contributed by atoms with Gasteiger partial charge in [0.1, 0.15) is 11.5 Å². The van der Waals surface area contributed by atoms with Crippen LogP contribution in [-0.4, -0.2) is 24.8 Å². The predicted octanol–water partition coefficient (Wildman–Crippen LogP) is 9.66. The molecule has 0 bridgehead atoms. The number of hydrogen-bond acceptors (Lipinski definition) is 3. The Balaban J connectivity index is 1.92. The summed E-state index contributed by atoms with van der Waals surface area (Å²) in [5.74, 6) is 1.09. The normalized spacial score (nSPS) is 11.1. The molecule has 0 aliphatic carbocycles. The summed E-state index contributed by atoms with van der Waals surface area (Å²) < 4.78 is 6.03. The van der Waals surface area contributed by atoms with E-state index in [1.165, 1.54) is 109 Å². The van der Waals surface area contributed by atoms with Crippen molar-refractivity contribution in [3.63, 3.8) is 0 Å². The maximum Gasteiger partial charge on any atom is 0.146 e. The summed E-state index contributed by atoms with van der Waals surface area (Å²) in [6.07, 6.45) is 25.0. The zero-order chi connectivity index (χ0) is 24.0. The van der Waals surface area contributed by atoms with E-state index in [0.29, 0.717) is 0 Å². The Morgan fingerprint density at radius 1 is 0.606 bits per heavy atom. The molecular formula is C30H55NO2. The number of phenols is 1. The first-order valence-electron chi connectivity index (χ1n) is 14.4. The molecule has 0 aliphatic heterocycles. The molecule has 33 heavy (non-hydrogen) atoms. The molecular weight excluding hydrogens is 406 g/mol. The first kappa shape index (κ1) is 29.7. The van der Waals surface area contributed by atoms with E-state index in [1.807, 2.05) is 6.07 Å². The smallest absolute Gasteiger partial charge is 0.146 e. The molecule has 192 valence electrons. The van der Waals surface area contributed by atoms with E-state index in [-0.39, 0.29) is 5.75 Å². The molecule has 0 unspecified atom stereocenters. The van der Waals surface area contributed by atoms with Crippen LogP contribution in [-0.2, 0) is 0 Å². The molecule has 0 saturated heterocycles. The Morgan fingerprint density at radius 3 is 1.45 bits per heavy atom. The largest absolute Gasteiger partial charge is 0.508 e. The second-order valence-electron chi connectivity index (χ2n) is 9.68. The molecule has 0 saturated carbocycles. The van der Waals surface area contributed by atoms with Gasteiger partial charge >= 0.3 is 0 Å². The molecule has 0 spiro atoms. The third-order valence-corrected chi connectivity index (χ3v) is 6.80. The van der Waals surface area contributed by atoms with Gasteiger partial charge in [0.2, 0.25) is 0 Å². The van der Waals surface area contributed by atoms with Gasteiger partial charge in [-0.1, -0.05) is 116 Å². The van der Waals surface area contributed by atoms with Gasteiger partial charge in [0.15, 0.2) is 0 Å². The first-order valence-corrected chi connectivity index (χ1v) is 14.4. The zero-order valence-corrected chi connectivity index (χ0v) is 22.4. The highest BCUT2D eigenvalue weighted by Gasteiger charge is 2.10. The summed E-state index contributed by atoms with van der Waals surface area (Å²) in [5.41, 5.74) is 1.08. The second kappa shape index (κ2) is 21.2. The Hall–Kier alpha value is -1.38. The van der Waals surface area contributed by atoms with Crippen molar-refractivity contribution in [3.05, 3.63) is 18.2 Å². The number of benzene rings is 1. The van der Waals surface area contributed by atoms with Crippen LogP contribution in [0.25, 0.3) is 0 Å². The van der Waals surface area contributed by atoms with Gasteiger partial charge in [0, 0.05) is 19.2 Å². The van der Waals surface area contributed by atoms with Crippen molar-refractivity contribution < 1.29 is 9.84 Å². The number of phenolic OH excluding ortho intramolecular Hbond substituents is 1. The van der Waals surface area contributed by atoms with Crippen molar-refractivity contribution in [1.29, 1.82) is 0 Å². The fraction of sp³-hybridized carbons (Fsp3) is 0.800. The van der Waals surface area contributed by atoms with Crippen LogP contribution in [0.5, 0.6) is 11.5 Å². The molecule has 0 heterocycles. The number of nitrogens with zero attached hydrogens (tertiary/aromatic N) is 1. The molecule has 0 atom stereocenters. The number of hydrogen-bond donors (Lipinski definition) is 1. The van der Waals surface area contributed by atoms with E-state index in [1.54, 1.807) is 12.1 Å². The zero-order valence-electron chi connectivity index (χ0n) is 22.4.